The number of amides is 1. The Labute approximate surface area is 238 Å². The first kappa shape index (κ1) is 31.6. The number of nitrogens with zero attached hydrogens (tertiary/aromatic N) is 5. The van der Waals surface area contributed by atoms with E-state index in [4.69, 9.17) is 15.6 Å². The summed E-state index contributed by atoms with van der Waals surface area (Å²) in [5.41, 5.74) is 1.10. The third-order valence-corrected chi connectivity index (χ3v) is 7.63. The fraction of sp³-hybridized carbons (Fsp3) is 0.423. The second-order valence-corrected chi connectivity index (χ2v) is 11.0. The number of aromatic nitrogens is 5. The molecule has 13 nitrogen and oxygen atoms in total. The molecule has 0 saturated carbocycles. The van der Waals surface area contributed by atoms with Gasteiger partial charge >= 0.3 is 5.69 Å². The van der Waals surface area contributed by atoms with E-state index in [0.29, 0.717) is 10.6 Å². The number of nitrogens with one attached hydrogen (secondary N) is 1. The largest absolute Gasteiger partial charge is 0.496 e. The first-order valence-corrected chi connectivity index (χ1v) is 13.3. The van der Waals surface area contributed by atoms with Gasteiger partial charge in [0.1, 0.15) is 26.9 Å². The van der Waals surface area contributed by atoms with Gasteiger partial charge in [0.15, 0.2) is 5.72 Å². The zero-order valence-electron chi connectivity index (χ0n) is 23.8. The SMILES string of the molecule is CO.COc1ccc(F)cc1C(N)(O)Cn1c(=O)n(C(C)(C)C(=O)NC(C)C)c(=O)c2c(C)c(-n3nccn3)sc21. The Kier molecular flexibility index (Phi) is 9.17. The monoisotopic (exact) mass is 591 g/mol. The summed E-state index contributed by atoms with van der Waals surface area (Å²) >= 11 is 1.04. The molecular weight excluding hydrogens is 557 g/mol. The van der Waals surface area contributed by atoms with Crippen LogP contribution in [0.1, 0.15) is 38.8 Å². The van der Waals surface area contributed by atoms with Crippen LogP contribution in [0.2, 0.25) is 0 Å². The van der Waals surface area contributed by atoms with Gasteiger partial charge in [-0.1, -0.05) is 11.3 Å². The van der Waals surface area contributed by atoms with E-state index in [2.05, 4.69) is 15.5 Å². The molecule has 0 fully saturated rings. The fourth-order valence-corrected chi connectivity index (χ4v) is 5.57. The topological polar surface area (TPSA) is 180 Å². The van der Waals surface area contributed by atoms with E-state index in [9.17, 15) is 23.9 Å². The van der Waals surface area contributed by atoms with Gasteiger partial charge in [0, 0.05) is 24.3 Å². The standard InChI is InChI=1S/C25H30FN7O5S.CH4O/c1-13(2)30-22(35)24(4,5)32-19(34)18-14(3)20(33-28-9-10-29-33)39-21(18)31(23(32)36)12-25(27,37)16-11-15(26)7-8-17(16)38-6;1-2/h7-11,13,37H,12,27H2,1-6H3,(H,30,35);2H,1H3. The highest BCUT2D eigenvalue weighted by atomic mass is 32.1. The zero-order valence-corrected chi connectivity index (χ0v) is 24.6. The highest BCUT2D eigenvalue weighted by Crippen LogP contribution is 2.33. The number of aliphatic hydroxyl groups is 2. The quantitative estimate of drug-likeness (QED) is 0.217. The lowest BCUT2D eigenvalue weighted by Crippen LogP contribution is -2.57. The van der Waals surface area contributed by atoms with Crippen LogP contribution < -0.4 is 27.0 Å². The van der Waals surface area contributed by atoms with Crippen LogP contribution in [0.5, 0.6) is 5.75 Å². The third-order valence-electron chi connectivity index (χ3n) is 6.35. The van der Waals surface area contributed by atoms with E-state index in [0.717, 1.165) is 39.7 Å². The number of carbonyl (C=O) groups is 1. The molecule has 1 amide bonds. The van der Waals surface area contributed by atoms with Crippen LogP contribution in [0.3, 0.4) is 0 Å². The van der Waals surface area contributed by atoms with Crippen molar-refractivity contribution in [1.29, 1.82) is 0 Å². The maximum absolute atomic E-state index is 14.2. The molecule has 0 radical (unpaired) electrons. The van der Waals surface area contributed by atoms with Crippen molar-refractivity contribution in [3.05, 3.63) is 68.4 Å². The lowest BCUT2D eigenvalue weighted by atomic mass is 10.0. The van der Waals surface area contributed by atoms with Gasteiger partial charge in [0.25, 0.3) is 5.56 Å². The average Bonchev–Trinajstić information content (AvgIpc) is 3.55. The molecule has 41 heavy (non-hydrogen) atoms. The van der Waals surface area contributed by atoms with Crippen LogP contribution in [0.25, 0.3) is 15.2 Å². The number of aliphatic hydroxyl groups excluding tert-OH is 1. The van der Waals surface area contributed by atoms with E-state index in [1.54, 1.807) is 20.8 Å². The lowest BCUT2D eigenvalue weighted by Gasteiger charge is -2.30. The highest BCUT2D eigenvalue weighted by Gasteiger charge is 2.38. The molecule has 1 atom stereocenters. The van der Waals surface area contributed by atoms with Crippen molar-refractivity contribution in [3.63, 3.8) is 0 Å². The summed E-state index contributed by atoms with van der Waals surface area (Å²) in [7, 11) is 2.33. The number of hydrogen-bond donors (Lipinski definition) is 4. The Morgan fingerprint density at radius 3 is 2.39 bits per heavy atom. The van der Waals surface area contributed by atoms with Crippen LogP contribution in [-0.2, 0) is 22.6 Å². The first-order chi connectivity index (χ1) is 19.2. The fourth-order valence-electron chi connectivity index (χ4n) is 4.36. The molecule has 1 unspecified atom stereocenters. The van der Waals surface area contributed by atoms with Gasteiger partial charge in [-0.05, 0) is 52.8 Å². The summed E-state index contributed by atoms with van der Waals surface area (Å²) < 4.78 is 21.4. The Bertz CT molecular complexity index is 1670. The van der Waals surface area contributed by atoms with Gasteiger partial charge in [-0.3, -0.25) is 19.9 Å². The zero-order chi connectivity index (χ0) is 30.9. The molecule has 4 aromatic rings. The van der Waals surface area contributed by atoms with Crippen LogP contribution in [0.15, 0.2) is 40.2 Å². The molecular formula is C26H34FN7O6S. The van der Waals surface area contributed by atoms with Crippen molar-refractivity contribution in [2.24, 2.45) is 5.73 Å². The second-order valence-electron chi connectivity index (χ2n) is 10.00. The predicted octanol–water partition coefficient (Wildman–Crippen LogP) is 0.934. The van der Waals surface area contributed by atoms with Crippen molar-refractivity contribution >= 4 is 27.5 Å². The molecule has 0 aliphatic heterocycles. The number of halogens is 1. The molecule has 3 aromatic heterocycles. The lowest BCUT2D eigenvalue weighted by molar-refractivity contribution is -0.129. The Morgan fingerprint density at radius 2 is 1.83 bits per heavy atom. The predicted molar refractivity (Wildman–Crippen MR) is 152 cm³/mol. The minimum Gasteiger partial charge on any atom is -0.496 e. The summed E-state index contributed by atoms with van der Waals surface area (Å²) in [4.78, 5) is 42.5. The molecule has 0 aliphatic carbocycles. The van der Waals surface area contributed by atoms with E-state index in [1.807, 2.05) is 0 Å². The summed E-state index contributed by atoms with van der Waals surface area (Å²) in [5.74, 6) is -1.14. The molecule has 0 saturated heterocycles. The molecule has 222 valence electrons. The van der Waals surface area contributed by atoms with E-state index < -0.39 is 40.8 Å². The van der Waals surface area contributed by atoms with Crippen molar-refractivity contribution in [1.82, 2.24) is 29.4 Å². The van der Waals surface area contributed by atoms with Crippen molar-refractivity contribution in [3.8, 4) is 10.8 Å². The molecule has 0 aliphatic rings. The Hall–Kier alpha value is -3.92. The molecule has 4 rings (SSSR count). The number of aryl methyl sites for hydroxylation is 1. The first-order valence-electron chi connectivity index (χ1n) is 12.5. The number of ether oxygens (including phenoxy) is 1. The second kappa shape index (κ2) is 11.9. The van der Waals surface area contributed by atoms with Crippen molar-refractivity contribution in [2.45, 2.75) is 58.5 Å². The number of thiophene rings is 1. The minimum atomic E-state index is -2.32. The molecule has 1 aromatic carbocycles. The highest BCUT2D eigenvalue weighted by molar-refractivity contribution is 7.21. The number of benzene rings is 1. The van der Waals surface area contributed by atoms with Gasteiger partial charge < -0.3 is 20.3 Å². The summed E-state index contributed by atoms with van der Waals surface area (Å²) in [5, 5.41) is 30.0. The van der Waals surface area contributed by atoms with E-state index in [1.165, 1.54) is 44.2 Å². The third kappa shape index (κ3) is 5.79. The van der Waals surface area contributed by atoms with Crippen LogP contribution in [-0.4, -0.2) is 60.5 Å². The van der Waals surface area contributed by atoms with E-state index in [-0.39, 0.29) is 27.6 Å². The number of fused-ring (bicyclic) bond motifs is 1. The van der Waals surface area contributed by atoms with Gasteiger partial charge in [0.2, 0.25) is 5.91 Å². The Morgan fingerprint density at radius 1 is 1.22 bits per heavy atom. The normalized spacial score (nSPS) is 13.1. The van der Waals surface area contributed by atoms with Crippen molar-refractivity contribution in [2.75, 3.05) is 14.2 Å². The van der Waals surface area contributed by atoms with Crippen LogP contribution >= 0.6 is 11.3 Å². The molecule has 5 N–H and O–H groups in total. The number of methoxy groups -OCH3 is 1. The molecule has 15 heteroatoms. The summed E-state index contributed by atoms with van der Waals surface area (Å²) in [6.45, 7) is 7.48. The number of rotatable bonds is 8. The summed E-state index contributed by atoms with van der Waals surface area (Å²) in [6, 6.07) is 3.20. The number of nitrogens with two attached hydrogens (primary N) is 1. The van der Waals surface area contributed by atoms with Crippen molar-refractivity contribution < 1.29 is 24.1 Å². The molecule has 0 spiro atoms. The van der Waals surface area contributed by atoms with Gasteiger partial charge in [-0.15, -0.1) is 4.80 Å². The van der Waals surface area contributed by atoms with Crippen LogP contribution in [0.4, 0.5) is 4.39 Å². The number of hydrogen-bond acceptors (Lipinski definition) is 10. The maximum atomic E-state index is 14.2. The summed E-state index contributed by atoms with van der Waals surface area (Å²) in [6.07, 6.45) is 2.92. The molecule has 0 bridgehead atoms. The average molecular weight is 592 g/mol. The smallest absolute Gasteiger partial charge is 0.333 e. The van der Waals surface area contributed by atoms with Gasteiger partial charge in [-0.25, -0.2) is 13.8 Å². The van der Waals surface area contributed by atoms with Gasteiger partial charge in [-0.2, -0.15) is 10.2 Å². The number of carbonyl (C=O) groups excluding carboxylic acids is 1. The van der Waals surface area contributed by atoms with E-state index >= 15 is 0 Å². The molecule has 3 heterocycles. The Balaban J connectivity index is 0.00000226. The van der Waals surface area contributed by atoms with Crippen LogP contribution in [0, 0.1) is 12.7 Å². The maximum Gasteiger partial charge on any atom is 0.333 e. The minimum absolute atomic E-state index is 0.0967. The van der Waals surface area contributed by atoms with Gasteiger partial charge in [0.05, 0.1) is 31.4 Å².